The molecule has 2 bridgehead atoms. The molecule has 3 saturated heterocycles. The molecule has 3 atom stereocenters. The number of hydrazine groups is 1. The van der Waals surface area contributed by atoms with Crippen molar-refractivity contribution in [1.29, 1.82) is 0 Å². The fourth-order valence-electron chi connectivity index (χ4n) is 3.86. The van der Waals surface area contributed by atoms with Gasteiger partial charge in [-0.25, -0.2) is 24.7 Å². The number of piperazine rings is 1. The first-order valence-corrected chi connectivity index (χ1v) is 11.0. The summed E-state index contributed by atoms with van der Waals surface area (Å²) in [7, 11) is -4.35. The molecule has 14 nitrogen and oxygen atoms in total. The zero-order valence-electron chi connectivity index (χ0n) is 17.2. The standard InChI is InChI=1S/C15H22F3N5O9S/c1-30-23(8-10-6-19-3-4-20-10)13(26)21-5-2-9-7-22(21)11(24)14(9,32-33(27,28)29)31-12(25)15(16,17)18/h9-10,19-20H,2-8H2,1H3,(H,27,28,29)/t9-,10+,14?/m1/s1. The fraction of sp³-hybridized carbons (Fsp3) is 0.800. The fourth-order valence-corrected chi connectivity index (χ4v) is 4.41. The number of hydrogen-bond donors (Lipinski definition) is 3. The molecule has 0 aromatic carbocycles. The van der Waals surface area contributed by atoms with Crippen molar-refractivity contribution < 1.29 is 54.3 Å². The number of nitrogens with one attached hydrogen (secondary N) is 2. The number of ether oxygens (including phenoxy) is 1. The van der Waals surface area contributed by atoms with E-state index in [1.54, 1.807) is 0 Å². The maximum Gasteiger partial charge on any atom is 0.491 e. The summed E-state index contributed by atoms with van der Waals surface area (Å²) >= 11 is 0. The highest BCUT2D eigenvalue weighted by molar-refractivity contribution is 7.81. The first-order valence-electron chi connectivity index (χ1n) is 9.66. The normalized spacial score (nSPS) is 28.1. The van der Waals surface area contributed by atoms with Crippen molar-refractivity contribution in [3.05, 3.63) is 0 Å². The van der Waals surface area contributed by atoms with E-state index in [1.165, 1.54) is 7.11 Å². The number of halogens is 3. The van der Waals surface area contributed by atoms with Gasteiger partial charge in [0.25, 0.3) is 0 Å². The molecule has 0 spiro atoms. The Labute approximate surface area is 185 Å². The topological polar surface area (TPSA) is 167 Å². The van der Waals surface area contributed by atoms with Crippen LogP contribution in [0.2, 0.25) is 0 Å². The second-order valence-electron chi connectivity index (χ2n) is 7.44. The molecule has 3 aliphatic heterocycles. The van der Waals surface area contributed by atoms with Crippen LogP contribution in [0.1, 0.15) is 6.42 Å². The maximum atomic E-state index is 13.0. The van der Waals surface area contributed by atoms with Crippen LogP contribution in [-0.2, 0) is 33.7 Å². The van der Waals surface area contributed by atoms with Gasteiger partial charge in [0.2, 0.25) is 0 Å². The number of carbonyl (C=O) groups excluding carboxylic acids is 3. The number of urea groups is 1. The molecule has 1 unspecified atom stereocenters. The van der Waals surface area contributed by atoms with Crippen LogP contribution in [-0.4, -0.2) is 110 Å². The second kappa shape index (κ2) is 9.18. The molecule has 33 heavy (non-hydrogen) atoms. The molecular formula is C15H22F3N5O9S. The number of amides is 3. The third-order valence-electron chi connectivity index (χ3n) is 5.32. The Hall–Kier alpha value is -2.25. The van der Waals surface area contributed by atoms with E-state index >= 15 is 0 Å². The molecule has 0 aromatic rings. The Balaban J connectivity index is 1.84. The van der Waals surface area contributed by atoms with E-state index in [4.69, 9.17) is 9.39 Å². The summed E-state index contributed by atoms with van der Waals surface area (Å²) in [5.74, 6) is -9.24. The molecule has 3 heterocycles. The quantitative estimate of drug-likeness (QED) is 0.162. The minimum Gasteiger partial charge on any atom is -0.415 e. The number of esters is 1. The minimum atomic E-state index is -5.59. The molecule has 18 heteroatoms. The lowest BCUT2D eigenvalue weighted by atomic mass is 9.97. The van der Waals surface area contributed by atoms with Crippen molar-refractivity contribution in [3.63, 3.8) is 0 Å². The van der Waals surface area contributed by atoms with E-state index in [0.717, 1.165) is 16.6 Å². The number of nitrogens with zero attached hydrogens (tertiary/aromatic N) is 3. The molecule has 3 N–H and O–H groups in total. The summed E-state index contributed by atoms with van der Waals surface area (Å²) in [4.78, 5) is 42.5. The summed E-state index contributed by atoms with van der Waals surface area (Å²) in [6.45, 7) is 1.11. The van der Waals surface area contributed by atoms with Gasteiger partial charge < -0.3 is 15.4 Å². The molecule has 0 aromatic heterocycles. The molecule has 188 valence electrons. The number of fused-ring (bicyclic) bond motifs is 2. The van der Waals surface area contributed by atoms with Crippen molar-refractivity contribution in [2.24, 2.45) is 5.92 Å². The van der Waals surface area contributed by atoms with E-state index in [1.807, 2.05) is 0 Å². The smallest absolute Gasteiger partial charge is 0.415 e. The highest BCUT2D eigenvalue weighted by Gasteiger charge is 2.66. The molecule has 3 aliphatic rings. The van der Waals surface area contributed by atoms with Gasteiger partial charge in [-0.05, 0) is 6.42 Å². The summed E-state index contributed by atoms with van der Waals surface area (Å²) in [5.41, 5.74) is 0. The molecule has 0 saturated carbocycles. The van der Waals surface area contributed by atoms with Gasteiger partial charge in [-0.15, -0.1) is 0 Å². The van der Waals surface area contributed by atoms with Crippen LogP contribution in [0, 0.1) is 5.92 Å². The number of alkyl halides is 3. The Morgan fingerprint density at radius 2 is 2.03 bits per heavy atom. The first-order chi connectivity index (χ1) is 15.3. The van der Waals surface area contributed by atoms with Crippen LogP contribution in [0.15, 0.2) is 0 Å². The van der Waals surface area contributed by atoms with Gasteiger partial charge in [-0.2, -0.15) is 25.8 Å². The van der Waals surface area contributed by atoms with Crippen LogP contribution in [0.4, 0.5) is 18.0 Å². The lowest BCUT2D eigenvalue weighted by molar-refractivity contribution is -0.243. The molecule has 0 aliphatic carbocycles. The summed E-state index contributed by atoms with van der Waals surface area (Å²) in [6.07, 6.45) is -5.89. The molecule has 3 fully saturated rings. The lowest BCUT2D eigenvalue weighted by Crippen LogP contribution is -2.59. The summed E-state index contributed by atoms with van der Waals surface area (Å²) < 4.78 is 78.5. The van der Waals surface area contributed by atoms with Gasteiger partial charge in [-0.3, -0.25) is 14.2 Å². The monoisotopic (exact) mass is 505 g/mol. The SMILES string of the molecule is CON(C[C@@H]1CNCCN1)C(=O)N1CC[C@@H]2CN1C(=O)C2(OC(=O)C(F)(F)F)OS(=O)(=O)O. The van der Waals surface area contributed by atoms with Crippen molar-refractivity contribution >= 4 is 28.3 Å². The van der Waals surface area contributed by atoms with Crippen molar-refractivity contribution in [1.82, 2.24) is 25.7 Å². The van der Waals surface area contributed by atoms with Crippen molar-refractivity contribution in [2.45, 2.75) is 24.4 Å². The molecule has 3 rings (SSSR count). The van der Waals surface area contributed by atoms with E-state index in [-0.39, 0.29) is 25.6 Å². The summed E-state index contributed by atoms with van der Waals surface area (Å²) in [5, 5.41) is 8.57. The largest absolute Gasteiger partial charge is 0.491 e. The third kappa shape index (κ3) is 5.30. The van der Waals surface area contributed by atoms with Gasteiger partial charge in [-0.1, -0.05) is 0 Å². The minimum absolute atomic E-state index is 0.0417. The van der Waals surface area contributed by atoms with Crippen LogP contribution in [0.3, 0.4) is 0 Å². The highest BCUT2D eigenvalue weighted by Crippen LogP contribution is 2.42. The number of carbonyl (C=O) groups is 3. The van der Waals surface area contributed by atoms with Gasteiger partial charge in [0, 0.05) is 32.2 Å². The Kier molecular flexibility index (Phi) is 7.06. The molecule has 0 radical (unpaired) electrons. The summed E-state index contributed by atoms with van der Waals surface area (Å²) in [6, 6.07) is -1.08. The first kappa shape index (κ1) is 25.4. The highest BCUT2D eigenvalue weighted by atomic mass is 32.3. The Bertz CT molecular complexity index is 898. The van der Waals surface area contributed by atoms with E-state index in [0.29, 0.717) is 18.1 Å². The Morgan fingerprint density at radius 1 is 1.33 bits per heavy atom. The predicted octanol–water partition coefficient (Wildman–Crippen LogP) is -1.77. The van der Waals surface area contributed by atoms with Crippen LogP contribution in [0.5, 0.6) is 0 Å². The lowest BCUT2D eigenvalue weighted by Gasteiger charge is -2.38. The van der Waals surface area contributed by atoms with Gasteiger partial charge in [0.1, 0.15) is 0 Å². The molecular weight excluding hydrogens is 483 g/mol. The van der Waals surface area contributed by atoms with E-state index in [2.05, 4.69) is 19.6 Å². The zero-order chi connectivity index (χ0) is 24.6. The third-order valence-corrected chi connectivity index (χ3v) is 5.77. The van der Waals surface area contributed by atoms with Gasteiger partial charge in [0.15, 0.2) is 0 Å². The average molecular weight is 505 g/mol. The number of hydrogen-bond acceptors (Lipinski definition) is 10. The van der Waals surface area contributed by atoms with Crippen LogP contribution in [0.25, 0.3) is 0 Å². The number of rotatable bonds is 6. The van der Waals surface area contributed by atoms with Gasteiger partial charge in [0.05, 0.1) is 26.1 Å². The second-order valence-corrected chi connectivity index (χ2v) is 8.47. The van der Waals surface area contributed by atoms with E-state index < -0.39 is 52.7 Å². The predicted molar refractivity (Wildman–Crippen MR) is 97.8 cm³/mol. The average Bonchev–Trinajstić information content (AvgIpc) is 2.92. The zero-order valence-corrected chi connectivity index (χ0v) is 18.0. The van der Waals surface area contributed by atoms with Crippen molar-refractivity contribution in [2.75, 3.05) is 46.4 Å². The van der Waals surface area contributed by atoms with Crippen molar-refractivity contribution in [3.8, 4) is 0 Å². The van der Waals surface area contributed by atoms with Crippen LogP contribution < -0.4 is 10.6 Å². The Morgan fingerprint density at radius 3 is 2.58 bits per heavy atom. The van der Waals surface area contributed by atoms with Crippen LogP contribution >= 0.6 is 0 Å². The molecule has 3 amide bonds. The maximum absolute atomic E-state index is 13.0. The number of hydroxylamine groups is 2. The van der Waals surface area contributed by atoms with E-state index in [9.17, 15) is 36.0 Å². The van der Waals surface area contributed by atoms with Gasteiger partial charge >= 0.3 is 40.3 Å².